The Morgan fingerprint density at radius 2 is 0.714 bits per heavy atom. The van der Waals surface area contributed by atoms with Crippen LogP contribution in [0.15, 0.2) is 91.0 Å². The first-order chi connectivity index (χ1) is 20.6. The lowest BCUT2D eigenvalue weighted by molar-refractivity contribution is -0.158. The molecule has 6 nitrogen and oxygen atoms in total. The predicted octanol–water partition coefficient (Wildman–Crippen LogP) is 6.33. The van der Waals surface area contributed by atoms with Crippen LogP contribution in [0.4, 0.5) is 0 Å². The summed E-state index contributed by atoms with van der Waals surface area (Å²) in [5.74, 6) is 4.56. The van der Waals surface area contributed by atoms with Crippen molar-refractivity contribution in [3.63, 3.8) is 0 Å². The van der Waals surface area contributed by atoms with E-state index in [-0.39, 0.29) is 37.7 Å². The zero-order valence-corrected chi connectivity index (χ0v) is 26.4. The lowest BCUT2D eigenvalue weighted by atomic mass is 10.2. The molecule has 222 valence electrons. The molecular formula is C33H39N3O3S3. The fourth-order valence-electron chi connectivity index (χ4n) is 4.47. The quantitative estimate of drug-likeness (QED) is 0.185. The zero-order valence-electron chi connectivity index (χ0n) is 23.9. The average molecular weight is 622 g/mol. The monoisotopic (exact) mass is 621 g/mol. The van der Waals surface area contributed by atoms with Gasteiger partial charge in [0, 0.05) is 53.8 Å². The Morgan fingerprint density at radius 1 is 0.452 bits per heavy atom. The molecule has 0 N–H and O–H groups in total. The van der Waals surface area contributed by atoms with Crippen LogP contribution in [0.2, 0.25) is 0 Å². The van der Waals surface area contributed by atoms with Gasteiger partial charge in [0.15, 0.2) is 0 Å². The van der Waals surface area contributed by atoms with Gasteiger partial charge >= 0.3 is 0 Å². The Morgan fingerprint density at radius 3 is 0.976 bits per heavy atom. The summed E-state index contributed by atoms with van der Waals surface area (Å²) in [5.41, 5.74) is 3.70. The number of carbonyl (C=O) groups excluding carboxylic acids is 3. The van der Waals surface area contributed by atoms with Gasteiger partial charge in [-0.3, -0.25) is 14.4 Å². The molecule has 1 aliphatic heterocycles. The first-order valence-electron chi connectivity index (χ1n) is 14.3. The number of rotatable bonds is 15. The fraction of sp³-hybridized carbons (Fsp3) is 0.364. The van der Waals surface area contributed by atoms with Crippen molar-refractivity contribution >= 4 is 53.0 Å². The molecule has 4 rings (SSSR count). The molecule has 0 radical (unpaired) electrons. The molecular weight excluding hydrogens is 583 g/mol. The molecule has 0 spiro atoms. The van der Waals surface area contributed by atoms with Crippen molar-refractivity contribution in [2.75, 3.05) is 37.3 Å². The second-order valence-corrected chi connectivity index (χ2v) is 13.4. The van der Waals surface area contributed by atoms with E-state index in [1.165, 1.54) is 16.7 Å². The molecule has 1 saturated heterocycles. The van der Waals surface area contributed by atoms with E-state index in [4.69, 9.17) is 0 Å². The van der Waals surface area contributed by atoms with Crippen molar-refractivity contribution in [3.8, 4) is 0 Å². The number of hydrogen-bond donors (Lipinski definition) is 0. The summed E-state index contributed by atoms with van der Waals surface area (Å²) in [6.07, 6.45) is 1.13. The van der Waals surface area contributed by atoms with Crippen LogP contribution in [0.5, 0.6) is 0 Å². The van der Waals surface area contributed by atoms with Crippen LogP contribution in [0.25, 0.3) is 0 Å². The zero-order chi connectivity index (χ0) is 29.4. The first-order valence-corrected chi connectivity index (χ1v) is 17.7. The van der Waals surface area contributed by atoms with Crippen LogP contribution < -0.4 is 0 Å². The van der Waals surface area contributed by atoms with Crippen molar-refractivity contribution in [1.29, 1.82) is 0 Å². The topological polar surface area (TPSA) is 60.9 Å². The van der Waals surface area contributed by atoms with Crippen LogP contribution in [0.1, 0.15) is 36.0 Å². The highest BCUT2D eigenvalue weighted by Gasteiger charge is 2.31. The Labute approximate surface area is 262 Å². The third-order valence-electron chi connectivity index (χ3n) is 6.80. The summed E-state index contributed by atoms with van der Waals surface area (Å²) in [5, 5.41) is 0. The number of carbonyl (C=O) groups is 3. The maximum Gasteiger partial charge on any atom is 0.226 e. The fourth-order valence-corrected chi connectivity index (χ4v) is 7.15. The number of hydrogen-bond acceptors (Lipinski definition) is 6. The van der Waals surface area contributed by atoms with Crippen molar-refractivity contribution in [3.05, 3.63) is 108 Å². The molecule has 3 aromatic carbocycles. The molecule has 3 amide bonds. The van der Waals surface area contributed by atoms with Crippen LogP contribution in [-0.2, 0) is 31.6 Å². The molecule has 0 unspecified atom stereocenters. The summed E-state index contributed by atoms with van der Waals surface area (Å²) < 4.78 is 0. The van der Waals surface area contributed by atoms with E-state index in [0.717, 1.165) is 17.3 Å². The van der Waals surface area contributed by atoms with Gasteiger partial charge in [-0.25, -0.2) is 0 Å². The normalized spacial score (nSPS) is 13.3. The van der Waals surface area contributed by atoms with Gasteiger partial charge in [0.25, 0.3) is 0 Å². The lowest BCUT2D eigenvalue weighted by Gasteiger charge is -2.42. The van der Waals surface area contributed by atoms with Crippen LogP contribution in [-0.4, -0.2) is 69.7 Å². The molecule has 1 fully saturated rings. The minimum atomic E-state index is -0.0252. The van der Waals surface area contributed by atoms with E-state index < -0.39 is 0 Å². The molecule has 42 heavy (non-hydrogen) atoms. The lowest BCUT2D eigenvalue weighted by Crippen LogP contribution is -2.59. The summed E-state index contributed by atoms with van der Waals surface area (Å²) in [7, 11) is 0. The van der Waals surface area contributed by atoms with E-state index in [1.54, 1.807) is 50.0 Å². The van der Waals surface area contributed by atoms with Gasteiger partial charge in [-0.1, -0.05) is 91.0 Å². The average Bonchev–Trinajstić information content (AvgIpc) is 3.04. The van der Waals surface area contributed by atoms with Gasteiger partial charge in [-0.2, -0.15) is 35.3 Å². The molecule has 0 atom stereocenters. The highest BCUT2D eigenvalue weighted by atomic mass is 32.2. The van der Waals surface area contributed by atoms with Crippen LogP contribution >= 0.6 is 35.3 Å². The number of nitrogens with zero attached hydrogens (tertiary/aromatic N) is 3. The maximum absolute atomic E-state index is 13.2. The molecule has 0 aromatic heterocycles. The minimum absolute atomic E-state index is 0.0252. The number of thioether (sulfide) groups is 3. The van der Waals surface area contributed by atoms with Crippen molar-refractivity contribution < 1.29 is 14.4 Å². The van der Waals surface area contributed by atoms with Gasteiger partial charge in [-0.05, 0) is 16.7 Å². The number of amides is 3. The molecule has 0 bridgehead atoms. The van der Waals surface area contributed by atoms with Crippen molar-refractivity contribution in [2.45, 2.75) is 36.5 Å². The SMILES string of the molecule is O=C(CCSCc1ccccc1)N1CN(C(=O)CCSCc2ccccc2)CN(C(=O)CCSCc2ccccc2)C1. The summed E-state index contributed by atoms with van der Waals surface area (Å²) in [4.78, 5) is 44.6. The third-order valence-corrected chi connectivity index (χ3v) is 9.89. The van der Waals surface area contributed by atoms with Crippen molar-refractivity contribution in [1.82, 2.24) is 14.7 Å². The molecule has 0 saturated carbocycles. The van der Waals surface area contributed by atoms with Gasteiger partial charge in [0.05, 0.1) is 20.0 Å². The summed E-state index contributed by atoms with van der Waals surface area (Å²) in [6.45, 7) is 0.699. The number of benzene rings is 3. The maximum atomic E-state index is 13.2. The second-order valence-electron chi connectivity index (χ2n) is 10.1. The predicted molar refractivity (Wildman–Crippen MR) is 177 cm³/mol. The Bertz CT molecular complexity index is 1090. The second kappa shape index (κ2) is 17.9. The minimum Gasteiger partial charge on any atom is -0.307 e. The van der Waals surface area contributed by atoms with Gasteiger partial charge in [0.2, 0.25) is 17.7 Å². The van der Waals surface area contributed by atoms with Crippen LogP contribution in [0.3, 0.4) is 0 Å². The van der Waals surface area contributed by atoms with Gasteiger partial charge in [0.1, 0.15) is 0 Å². The Kier molecular flexibility index (Phi) is 13.7. The van der Waals surface area contributed by atoms with E-state index in [9.17, 15) is 14.4 Å². The molecule has 1 aliphatic rings. The third kappa shape index (κ3) is 11.1. The van der Waals surface area contributed by atoms with Crippen molar-refractivity contribution in [2.24, 2.45) is 0 Å². The highest BCUT2D eigenvalue weighted by molar-refractivity contribution is 7.98. The van der Waals surface area contributed by atoms with E-state index in [0.29, 0.717) is 36.5 Å². The molecule has 1 heterocycles. The van der Waals surface area contributed by atoms with E-state index in [2.05, 4.69) is 36.4 Å². The van der Waals surface area contributed by atoms with Crippen LogP contribution in [0, 0.1) is 0 Å². The standard InChI is InChI=1S/C33H39N3O3S3/c37-31(16-19-40-22-28-10-4-1-5-11-28)34-25-35(32(38)17-20-41-23-29-12-6-2-7-13-29)27-36(26-34)33(39)18-21-42-24-30-14-8-3-9-15-30/h1-15H,16-27H2. The summed E-state index contributed by atoms with van der Waals surface area (Å²) in [6, 6.07) is 30.6. The molecule has 3 aromatic rings. The summed E-state index contributed by atoms with van der Waals surface area (Å²) >= 11 is 5.17. The van der Waals surface area contributed by atoms with Gasteiger partial charge < -0.3 is 14.7 Å². The van der Waals surface area contributed by atoms with E-state index in [1.807, 2.05) is 54.6 Å². The molecule has 9 heteroatoms. The van der Waals surface area contributed by atoms with E-state index >= 15 is 0 Å². The van der Waals surface area contributed by atoms with Gasteiger partial charge in [-0.15, -0.1) is 0 Å². The molecule has 0 aliphatic carbocycles. The largest absolute Gasteiger partial charge is 0.307 e. The smallest absolute Gasteiger partial charge is 0.226 e. The Hall–Kier alpha value is -2.88. The Balaban J connectivity index is 1.27. The first kappa shape index (κ1) is 32.0. The highest BCUT2D eigenvalue weighted by Crippen LogP contribution is 2.19.